The van der Waals surface area contributed by atoms with Gasteiger partial charge in [0.15, 0.2) is 11.5 Å². The van der Waals surface area contributed by atoms with E-state index in [0.29, 0.717) is 11.8 Å². The monoisotopic (exact) mass is 997 g/mol. The molecule has 2 nitrogen and oxygen atoms in total. The minimum atomic E-state index is 0.579. The molecule has 2 atom stereocenters. The molecular formula is C62H92O2S4. The molecule has 0 fully saturated rings. The third kappa shape index (κ3) is 18.0. The molecule has 0 aliphatic rings. The fourth-order valence-electron chi connectivity index (χ4n) is 10.4. The van der Waals surface area contributed by atoms with E-state index in [1.807, 2.05) is 45.3 Å². The van der Waals surface area contributed by atoms with Crippen LogP contribution in [0.1, 0.15) is 233 Å². The highest BCUT2D eigenvalue weighted by molar-refractivity contribution is 7.31. The van der Waals surface area contributed by atoms with Crippen molar-refractivity contribution in [3.8, 4) is 31.0 Å². The molecule has 6 heteroatoms. The van der Waals surface area contributed by atoms with Gasteiger partial charge >= 0.3 is 0 Å². The summed E-state index contributed by atoms with van der Waals surface area (Å²) in [6, 6.07) is 18.7. The van der Waals surface area contributed by atoms with Crippen LogP contribution in [0, 0.1) is 11.8 Å². The van der Waals surface area contributed by atoms with Crippen molar-refractivity contribution in [2.45, 2.75) is 233 Å². The van der Waals surface area contributed by atoms with Crippen LogP contribution in [0.5, 0.6) is 11.5 Å². The Hall–Kier alpha value is -2.38. The summed E-state index contributed by atoms with van der Waals surface area (Å²) in [6.45, 7) is 10.9. The number of benzene rings is 2. The molecule has 0 N–H and O–H groups in total. The Morgan fingerprint density at radius 3 is 1.22 bits per heavy atom. The number of hydrogen-bond acceptors (Lipinski definition) is 6. The molecule has 0 bridgehead atoms. The lowest BCUT2D eigenvalue weighted by atomic mass is 9.94. The van der Waals surface area contributed by atoms with Gasteiger partial charge in [-0.2, -0.15) is 0 Å². The summed E-state index contributed by atoms with van der Waals surface area (Å²) in [6.07, 6.45) is 43.3. The first-order valence-corrected chi connectivity index (χ1v) is 31.8. The van der Waals surface area contributed by atoms with Crippen LogP contribution in [0.15, 0.2) is 59.3 Å². The molecule has 4 heterocycles. The predicted octanol–water partition coefficient (Wildman–Crippen LogP) is 23.3. The van der Waals surface area contributed by atoms with E-state index in [2.05, 4.69) is 87.0 Å². The number of ether oxygens (including phenoxy) is 2. The van der Waals surface area contributed by atoms with E-state index in [9.17, 15) is 0 Å². The first kappa shape index (κ1) is 54.9. The van der Waals surface area contributed by atoms with E-state index in [-0.39, 0.29) is 0 Å². The summed E-state index contributed by atoms with van der Waals surface area (Å²) >= 11 is 7.62. The van der Waals surface area contributed by atoms with Gasteiger partial charge in [-0.3, -0.25) is 0 Å². The van der Waals surface area contributed by atoms with Gasteiger partial charge in [-0.1, -0.05) is 214 Å². The maximum atomic E-state index is 7.21. The van der Waals surface area contributed by atoms with Crippen molar-refractivity contribution in [3.63, 3.8) is 0 Å². The van der Waals surface area contributed by atoms with Crippen molar-refractivity contribution in [2.24, 2.45) is 11.8 Å². The largest absolute Gasteiger partial charge is 0.489 e. The minimum absolute atomic E-state index is 0.579. The molecule has 0 saturated heterocycles. The summed E-state index contributed by atoms with van der Waals surface area (Å²) in [4.78, 5) is 5.43. The van der Waals surface area contributed by atoms with Crippen LogP contribution in [0.4, 0.5) is 0 Å². The number of thiophene rings is 4. The van der Waals surface area contributed by atoms with E-state index in [0.717, 1.165) is 24.7 Å². The molecular weight excluding hydrogens is 905 g/mol. The summed E-state index contributed by atoms with van der Waals surface area (Å²) in [5.74, 6) is 3.09. The van der Waals surface area contributed by atoms with Gasteiger partial charge in [-0.05, 0) is 102 Å². The molecule has 6 rings (SSSR count). The van der Waals surface area contributed by atoms with Crippen LogP contribution in [-0.4, -0.2) is 13.2 Å². The second-order valence-electron chi connectivity index (χ2n) is 20.5. The number of fused-ring (bicyclic) bond motifs is 6. The first-order chi connectivity index (χ1) is 33.6. The van der Waals surface area contributed by atoms with Gasteiger partial charge in [-0.25, -0.2) is 0 Å². The van der Waals surface area contributed by atoms with E-state index >= 15 is 0 Å². The van der Waals surface area contributed by atoms with Crippen LogP contribution in [0.25, 0.3) is 50.5 Å². The molecule has 0 saturated carbocycles. The maximum Gasteiger partial charge on any atom is 0.161 e. The van der Waals surface area contributed by atoms with Crippen LogP contribution in [-0.2, 0) is 0 Å². The molecule has 0 aliphatic heterocycles. The Morgan fingerprint density at radius 2 is 0.779 bits per heavy atom. The van der Waals surface area contributed by atoms with Gasteiger partial charge in [0.2, 0.25) is 0 Å². The first-order valence-electron chi connectivity index (χ1n) is 28.4. The SMILES string of the molecule is CCCCCCCCCCC(CCCCCCCC)COc1cc2c(cc1OCC(CCCCCCCC)CCCCCCCCCC)c1cc(-c3ccc(-c4cccs4)s3)sc1c1sccc21. The fourth-order valence-corrected chi connectivity index (χ4v) is 14.6. The van der Waals surface area contributed by atoms with E-state index in [1.165, 1.54) is 256 Å². The number of rotatable bonds is 40. The molecule has 2 aromatic carbocycles. The van der Waals surface area contributed by atoms with Crippen LogP contribution in [0.2, 0.25) is 0 Å². The average Bonchev–Trinajstić information content (AvgIpc) is 4.21. The zero-order valence-corrected chi connectivity index (χ0v) is 46.7. The molecule has 376 valence electrons. The number of unbranched alkanes of at least 4 members (excludes halogenated alkanes) is 24. The van der Waals surface area contributed by atoms with Gasteiger partial charge in [0.05, 0.1) is 22.6 Å². The van der Waals surface area contributed by atoms with Crippen LogP contribution >= 0.6 is 45.3 Å². The van der Waals surface area contributed by atoms with Crippen molar-refractivity contribution in [2.75, 3.05) is 13.2 Å². The maximum absolute atomic E-state index is 7.21. The third-order valence-corrected chi connectivity index (χ3v) is 19.3. The smallest absolute Gasteiger partial charge is 0.161 e. The van der Waals surface area contributed by atoms with Gasteiger partial charge in [0.1, 0.15) is 0 Å². The normalized spacial score (nSPS) is 12.8. The lowest BCUT2D eigenvalue weighted by Crippen LogP contribution is -2.15. The van der Waals surface area contributed by atoms with Gasteiger partial charge in [0.25, 0.3) is 0 Å². The molecule has 0 aliphatic carbocycles. The number of hydrogen-bond donors (Lipinski definition) is 0. The molecule has 0 amide bonds. The zero-order valence-electron chi connectivity index (χ0n) is 43.4. The topological polar surface area (TPSA) is 18.5 Å². The van der Waals surface area contributed by atoms with E-state index < -0.39 is 0 Å². The third-order valence-electron chi connectivity index (χ3n) is 14.7. The van der Waals surface area contributed by atoms with Crippen LogP contribution < -0.4 is 9.47 Å². The highest BCUT2D eigenvalue weighted by Gasteiger charge is 2.21. The summed E-state index contributed by atoms with van der Waals surface area (Å²) in [7, 11) is 0. The summed E-state index contributed by atoms with van der Waals surface area (Å²) < 4.78 is 17.2. The Labute approximate surface area is 431 Å². The quantitative estimate of drug-likeness (QED) is 0.0357. The lowest BCUT2D eigenvalue weighted by Gasteiger charge is -2.22. The van der Waals surface area contributed by atoms with Crippen molar-refractivity contribution in [3.05, 3.63) is 59.3 Å². The zero-order chi connectivity index (χ0) is 47.4. The second-order valence-corrected chi connectivity index (χ2v) is 24.5. The Kier molecular flexibility index (Phi) is 26.3. The molecule has 2 unspecified atom stereocenters. The Morgan fingerprint density at radius 1 is 0.353 bits per heavy atom. The van der Waals surface area contributed by atoms with E-state index in [4.69, 9.17) is 9.47 Å². The van der Waals surface area contributed by atoms with Crippen molar-refractivity contribution >= 4 is 76.3 Å². The second kappa shape index (κ2) is 32.6. The minimum Gasteiger partial charge on any atom is -0.489 e. The lowest BCUT2D eigenvalue weighted by molar-refractivity contribution is 0.192. The molecule has 4 aromatic heterocycles. The molecule has 6 aromatic rings. The fraction of sp³-hybridized carbons (Fsp3) is 0.645. The molecule has 0 radical (unpaired) electrons. The van der Waals surface area contributed by atoms with Crippen molar-refractivity contribution < 1.29 is 9.47 Å². The molecule has 68 heavy (non-hydrogen) atoms. The predicted molar refractivity (Wildman–Crippen MR) is 310 cm³/mol. The van der Waals surface area contributed by atoms with Crippen molar-refractivity contribution in [1.82, 2.24) is 0 Å². The standard InChI is InChI=1S/C62H92O2S4/c1-5-9-13-17-21-23-27-31-36-49(34-29-25-19-15-11-7-3)47-63-55-44-52-51-41-43-66-61(51)62-54(46-60(68-62)59-40-39-58(67-59)57-38-33-42-65-57)53(52)45-56(55)64-48-50(35-30-26-20-16-12-8-4)37-32-28-24-22-18-14-10-6-2/h33,38-46,49-50H,5-32,34-37,47-48H2,1-4H3. The summed E-state index contributed by atoms with van der Waals surface area (Å²) in [5, 5.41) is 9.81. The average molecular weight is 998 g/mol. The van der Waals surface area contributed by atoms with Gasteiger partial charge < -0.3 is 9.47 Å². The Balaban J connectivity index is 1.26. The van der Waals surface area contributed by atoms with Crippen molar-refractivity contribution in [1.29, 1.82) is 0 Å². The highest BCUT2D eigenvalue weighted by Crippen LogP contribution is 2.49. The molecule has 0 spiro atoms. The van der Waals surface area contributed by atoms with E-state index in [1.54, 1.807) is 0 Å². The van der Waals surface area contributed by atoms with Gasteiger partial charge in [0, 0.05) is 30.3 Å². The highest BCUT2D eigenvalue weighted by atomic mass is 32.1. The summed E-state index contributed by atoms with van der Waals surface area (Å²) in [5.41, 5.74) is 0. The Bertz CT molecular complexity index is 2210. The van der Waals surface area contributed by atoms with Crippen LogP contribution in [0.3, 0.4) is 0 Å². The van der Waals surface area contributed by atoms with Gasteiger partial charge in [-0.15, -0.1) is 45.3 Å².